The lowest BCUT2D eigenvalue weighted by atomic mass is 10.1. The highest BCUT2D eigenvalue weighted by atomic mass is 35.5. The van der Waals surface area contributed by atoms with Gasteiger partial charge in [-0.2, -0.15) is 0 Å². The van der Waals surface area contributed by atoms with Crippen LogP contribution in [0.1, 0.15) is 48.9 Å². The van der Waals surface area contributed by atoms with Crippen LogP contribution in [0, 0.1) is 0 Å². The molecular formula is C20H22Cl2N2O3S. The van der Waals surface area contributed by atoms with Gasteiger partial charge in [-0.15, -0.1) is 0 Å². The molecule has 0 heterocycles. The molecule has 0 radical (unpaired) electrons. The molecular weight excluding hydrogens is 419 g/mol. The Morgan fingerprint density at radius 2 is 1.64 bits per heavy atom. The Bertz CT molecular complexity index is 956. The highest BCUT2D eigenvalue weighted by Gasteiger charge is 2.18. The molecule has 0 saturated heterocycles. The van der Waals surface area contributed by atoms with Gasteiger partial charge in [0.1, 0.15) is 0 Å². The Morgan fingerprint density at radius 3 is 2.32 bits per heavy atom. The van der Waals surface area contributed by atoms with E-state index in [9.17, 15) is 13.2 Å². The van der Waals surface area contributed by atoms with Crippen LogP contribution in [0.25, 0.3) is 0 Å². The van der Waals surface area contributed by atoms with Gasteiger partial charge in [0.25, 0.3) is 15.9 Å². The van der Waals surface area contributed by atoms with Crippen LogP contribution < -0.4 is 10.0 Å². The summed E-state index contributed by atoms with van der Waals surface area (Å²) in [5.41, 5.74) is 0.721. The van der Waals surface area contributed by atoms with Crippen molar-refractivity contribution in [1.29, 1.82) is 0 Å². The molecule has 1 saturated carbocycles. The molecule has 28 heavy (non-hydrogen) atoms. The summed E-state index contributed by atoms with van der Waals surface area (Å²) in [6.07, 6.45) is 6.62. The molecule has 150 valence electrons. The molecule has 2 N–H and O–H groups in total. The van der Waals surface area contributed by atoms with Crippen molar-refractivity contribution in [1.82, 2.24) is 5.32 Å². The zero-order valence-electron chi connectivity index (χ0n) is 15.3. The zero-order valence-corrected chi connectivity index (χ0v) is 17.6. The van der Waals surface area contributed by atoms with E-state index >= 15 is 0 Å². The van der Waals surface area contributed by atoms with E-state index in [1.165, 1.54) is 37.1 Å². The molecule has 0 aliphatic heterocycles. The van der Waals surface area contributed by atoms with E-state index < -0.39 is 10.0 Å². The third-order valence-corrected chi connectivity index (χ3v) is 6.89. The Morgan fingerprint density at radius 1 is 0.929 bits per heavy atom. The minimum Gasteiger partial charge on any atom is -0.349 e. The quantitative estimate of drug-likeness (QED) is 0.623. The average Bonchev–Trinajstić information content (AvgIpc) is 2.92. The lowest BCUT2D eigenvalue weighted by Crippen LogP contribution is -2.34. The van der Waals surface area contributed by atoms with Crippen LogP contribution in [0.3, 0.4) is 0 Å². The van der Waals surface area contributed by atoms with E-state index in [2.05, 4.69) is 10.0 Å². The number of carbonyl (C=O) groups is 1. The van der Waals surface area contributed by atoms with Crippen molar-refractivity contribution in [3.05, 3.63) is 58.1 Å². The minimum atomic E-state index is -3.85. The molecule has 0 bridgehead atoms. The van der Waals surface area contributed by atoms with Gasteiger partial charge >= 0.3 is 0 Å². The topological polar surface area (TPSA) is 75.3 Å². The van der Waals surface area contributed by atoms with E-state index in [1.807, 2.05) is 0 Å². The summed E-state index contributed by atoms with van der Waals surface area (Å²) in [6, 6.07) is 10.7. The predicted molar refractivity (Wildman–Crippen MR) is 113 cm³/mol. The number of benzene rings is 2. The highest BCUT2D eigenvalue weighted by molar-refractivity contribution is 7.92. The number of nitrogens with one attached hydrogen (secondary N) is 2. The molecule has 2 aromatic carbocycles. The zero-order chi connectivity index (χ0) is 20.1. The van der Waals surface area contributed by atoms with Crippen LogP contribution in [0.2, 0.25) is 10.0 Å². The molecule has 1 amide bonds. The monoisotopic (exact) mass is 440 g/mol. The van der Waals surface area contributed by atoms with Gasteiger partial charge in [-0.3, -0.25) is 9.52 Å². The van der Waals surface area contributed by atoms with Crippen molar-refractivity contribution >= 4 is 44.8 Å². The normalized spacial score (nSPS) is 15.6. The Kier molecular flexibility index (Phi) is 6.86. The van der Waals surface area contributed by atoms with Crippen molar-refractivity contribution < 1.29 is 13.2 Å². The lowest BCUT2D eigenvalue weighted by Gasteiger charge is -2.16. The van der Waals surface area contributed by atoms with Gasteiger partial charge in [-0.1, -0.05) is 55.0 Å². The Hall–Kier alpha value is -1.76. The maximum atomic E-state index is 12.6. The summed E-state index contributed by atoms with van der Waals surface area (Å²) < 4.78 is 27.7. The summed E-state index contributed by atoms with van der Waals surface area (Å²) >= 11 is 11.8. The van der Waals surface area contributed by atoms with E-state index in [-0.39, 0.29) is 26.9 Å². The second kappa shape index (κ2) is 9.16. The van der Waals surface area contributed by atoms with Crippen LogP contribution >= 0.6 is 23.2 Å². The summed E-state index contributed by atoms with van der Waals surface area (Å²) in [6.45, 7) is 0. The largest absolute Gasteiger partial charge is 0.349 e. The number of hydrogen-bond acceptors (Lipinski definition) is 3. The first-order valence-electron chi connectivity index (χ1n) is 9.24. The molecule has 3 rings (SSSR count). The number of amides is 1. The number of carbonyl (C=O) groups excluding carboxylic acids is 1. The summed E-state index contributed by atoms with van der Waals surface area (Å²) in [7, 11) is -3.85. The fraction of sp³-hybridized carbons (Fsp3) is 0.350. The number of halogens is 2. The van der Waals surface area contributed by atoms with Crippen molar-refractivity contribution in [2.45, 2.75) is 49.5 Å². The van der Waals surface area contributed by atoms with Crippen LogP contribution in [-0.4, -0.2) is 20.4 Å². The molecule has 0 atom stereocenters. The van der Waals surface area contributed by atoms with Gasteiger partial charge in [0, 0.05) is 17.3 Å². The van der Waals surface area contributed by atoms with Crippen LogP contribution in [0.4, 0.5) is 5.69 Å². The molecule has 0 aromatic heterocycles. The van der Waals surface area contributed by atoms with Gasteiger partial charge in [-0.05, 0) is 49.2 Å². The predicted octanol–water partition coefficient (Wildman–Crippen LogP) is 5.25. The molecule has 1 fully saturated rings. The summed E-state index contributed by atoms with van der Waals surface area (Å²) in [4.78, 5) is 12.6. The van der Waals surface area contributed by atoms with Gasteiger partial charge in [0.15, 0.2) is 0 Å². The van der Waals surface area contributed by atoms with E-state index in [0.717, 1.165) is 25.7 Å². The summed E-state index contributed by atoms with van der Waals surface area (Å²) in [5.74, 6) is -0.192. The standard InChI is InChI=1S/C20H22Cl2N2O3S/c21-18-11-10-17(13-19(18)22)28(26,27)24-16-9-5-6-14(12-16)20(25)23-15-7-3-1-2-4-8-15/h5-6,9-13,15,24H,1-4,7-8H2,(H,23,25). The first-order chi connectivity index (χ1) is 13.3. The molecule has 0 unspecified atom stereocenters. The second-order valence-electron chi connectivity index (χ2n) is 6.92. The molecule has 0 spiro atoms. The van der Waals surface area contributed by atoms with Crippen LogP contribution in [-0.2, 0) is 10.0 Å². The van der Waals surface area contributed by atoms with E-state index in [4.69, 9.17) is 23.2 Å². The maximum Gasteiger partial charge on any atom is 0.261 e. The van der Waals surface area contributed by atoms with Crippen LogP contribution in [0.15, 0.2) is 47.4 Å². The van der Waals surface area contributed by atoms with E-state index in [1.54, 1.807) is 18.2 Å². The highest BCUT2D eigenvalue weighted by Crippen LogP contribution is 2.26. The van der Waals surface area contributed by atoms with Gasteiger partial charge in [0.05, 0.1) is 14.9 Å². The van der Waals surface area contributed by atoms with Crippen LogP contribution in [0.5, 0.6) is 0 Å². The molecule has 5 nitrogen and oxygen atoms in total. The average molecular weight is 441 g/mol. The van der Waals surface area contributed by atoms with Gasteiger partial charge in [-0.25, -0.2) is 8.42 Å². The third kappa shape index (κ3) is 5.40. The summed E-state index contributed by atoms with van der Waals surface area (Å²) in [5, 5.41) is 3.49. The van der Waals surface area contributed by atoms with Gasteiger partial charge in [0.2, 0.25) is 0 Å². The lowest BCUT2D eigenvalue weighted by molar-refractivity contribution is 0.0933. The second-order valence-corrected chi connectivity index (χ2v) is 9.42. The van der Waals surface area contributed by atoms with E-state index in [0.29, 0.717) is 11.3 Å². The van der Waals surface area contributed by atoms with Crippen molar-refractivity contribution in [3.8, 4) is 0 Å². The molecule has 2 aromatic rings. The van der Waals surface area contributed by atoms with Crippen molar-refractivity contribution in [3.63, 3.8) is 0 Å². The molecule has 1 aliphatic carbocycles. The number of rotatable bonds is 5. The first kappa shape index (κ1) is 21.0. The molecule has 1 aliphatic rings. The van der Waals surface area contributed by atoms with Gasteiger partial charge < -0.3 is 5.32 Å². The fourth-order valence-corrected chi connectivity index (χ4v) is 4.71. The third-order valence-electron chi connectivity index (χ3n) is 4.77. The van der Waals surface area contributed by atoms with Crippen molar-refractivity contribution in [2.75, 3.05) is 4.72 Å². The van der Waals surface area contributed by atoms with Crippen molar-refractivity contribution in [2.24, 2.45) is 0 Å². The SMILES string of the molecule is O=C(NC1CCCCCC1)c1cccc(NS(=O)(=O)c2ccc(Cl)c(Cl)c2)c1. The number of anilines is 1. The number of sulfonamides is 1. The smallest absolute Gasteiger partial charge is 0.261 e. The first-order valence-corrected chi connectivity index (χ1v) is 11.5. The number of hydrogen-bond donors (Lipinski definition) is 2. The molecule has 8 heteroatoms. The Labute approximate surface area is 175 Å². The maximum absolute atomic E-state index is 12.6. The minimum absolute atomic E-state index is 0.00443. The Balaban J connectivity index is 1.73. The fourth-order valence-electron chi connectivity index (χ4n) is 3.27.